The maximum absolute atomic E-state index is 7.68. The number of aromatic nitrogens is 3. The highest BCUT2D eigenvalue weighted by atomic mass is 16.7. The molecule has 0 unspecified atom stereocenters. The van der Waals surface area contributed by atoms with Gasteiger partial charge in [-0.05, 0) is 64.3 Å². The van der Waals surface area contributed by atoms with Gasteiger partial charge < -0.3 is 19.7 Å². The van der Waals surface area contributed by atoms with Gasteiger partial charge in [-0.3, -0.25) is 0 Å². The van der Waals surface area contributed by atoms with Crippen LogP contribution in [0.1, 0.15) is 53.9 Å². The largest absolute Gasteiger partial charge is 0.467 e. The van der Waals surface area contributed by atoms with Gasteiger partial charge in [0.25, 0.3) is 0 Å². The van der Waals surface area contributed by atoms with E-state index in [1.54, 1.807) is 6.07 Å². The Morgan fingerprint density at radius 2 is 2.23 bits per heavy atom. The van der Waals surface area contributed by atoms with Crippen molar-refractivity contribution in [3.05, 3.63) is 29.5 Å². The van der Waals surface area contributed by atoms with E-state index in [9.17, 15) is 0 Å². The lowest BCUT2D eigenvalue weighted by atomic mass is 10.0. The molecular weight excluding hydrogens is 378 g/mol. The first-order valence-corrected chi connectivity index (χ1v) is 10.5. The fourth-order valence-electron chi connectivity index (χ4n) is 3.63. The first kappa shape index (κ1) is 17.0. The fourth-order valence-corrected chi connectivity index (χ4v) is 3.63. The lowest BCUT2D eigenvalue weighted by Gasteiger charge is -2.30. The number of likely N-dealkylation sites (N-methyl/N-ethyl adjacent to an activating group) is 1. The zero-order chi connectivity index (χ0) is 23.4. The summed E-state index contributed by atoms with van der Waals surface area (Å²) in [5, 5.41) is 12.1. The summed E-state index contributed by atoms with van der Waals surface area (Å²) in [7, 11) is 0. The molecule has 1 aromatic heterocycles. The number of piperidine rings is 1. The number of hydrogen-bond acceptors (Lipinski definition) is 7. The van der Waals surface area contributed by atoms with Gasteiger partial charge in [0.1, 0.15) is 11.4 Å². The molecule has 0 spiro atoms. The molecule has 7 nitrogen and oxygen atoms in total. The summed E-state index contributed by atoms with van der Waals surface area (Å²) >= 11 is 0. The second-order valence-corrected chi connectivity index (χ2v) is 7.68. The van der Waals surface area contributed by atoms with Crippen molar-refractivity contribution in [1.29, 1.82) is 0 Å². The third kappa shape index (κ3) is 4.89. The molecule has 7 heteroatoms. The highest BCUT2D eigenvalue weighted by Crippen LogP contribution is 2.44. The van der Waals surface area contributed by atoms with Crippen molar-refractivity contribution in [2.45, 2.75) is 44.6 Å². The molecule has 1 saturated heterocycles. The Balaban J connectivity index is 1.59. The Bertz CT molecular complexity index is 1020. The molecule has 2 aliphatic rings. The Hall–Kier alpha value is -2.69. The number of terminal acetylenes is 1. The van der Waals surface area contributed by atoms with Crippen molar-refractivity contribution in [1.82, 2.24) is 20.1 Å². The molecule has 1 N–H and O–H groups in total. The number of anilines is 1. The number of rotatable bonds is 8. The number of nitrogens with one attached hydrogen (secondary N) is 1. The topological polar surface area (TPSA) is 72.4 Å². The quantitative estimate of drug-likeness (QED) is 0.407. The van der Waals surface area contributed by atoms with E-state index in [-0.39, 0.29) is 12.8 Å². The summed E-state index contributed by atoms with van der Waals surface area (Å²) in [5.74, 6) is 3.95. The third-order valence-electron chi connectivity index (χ3n) is 5.34. The Morgan fingerprint density at radius 1 is 1.33 bits per heavy atom. The van der Waals surface area contributed by atoms with Crippen LogP contribution in [0.25, 0.3) is 11.3 Å². The monoisotopic (exact) mass is 410 g/mol. The first-order chi connectivity index (χ1) is 15.9. The van der Waals surface area contributed by atoms with Crippen molar-refractivity contribution in [2.24, 2.45) is 0 Å². The van der Waals surface area contributed by atoms with E-state index in [4.69, 9.17) is 25.0 Å². The van der Waals surface area contributed by atoms with Gasteiger partial charge in [0, 0.05) is 40.4 Å². The molecule has 0 radical (unpaired) electrons. The van der Waals surface area contributed by atoms with Crippen LogP contribution in [0.15, 0.2) is 18.2 Å². The molecule has 4 rings (SSSR count). The average Bonchev–Trinajstić information content (AvgIpc) is 3.64. The van der Waals surface area contributed by atoms with E-state index in [1.165, 1.54) is 4.90 Å². The normalized spacial score (nSPS) is 21.2. The van der Waals surface area contributed by atoms with Crippen LogP contribution in [0.5, 0.6) is 5.75 Å². The minimum atomic E-state index is -2.09. The van der Waals surface area contributed by atoms with Gasteiger partial charge in [0.05, 0.1) is 5.69 Å². The van der Waals surface area contributed by atoms with Crippen molar-refractivity contribution in [2.75, 3.05) is 38.8 Å². The van der Waals surface area contributed by atoms with Crippen LogP contribution in [0.3, 0.4) is 0 Å². The molecule has 2 aromatic rings. The Morgan fingerprint density at radius 3 is 3.00 bits per heavy atom. The molecule has 1 saturated carbocycles. The van der Waals surface area contributed by atoms with Gasteiger partial charge in [-0.2, -0.15) is 0 Å². The third-order valence-corrected chi connectivity index (χ3v) is 5.34. The van der Waals surface area contributed by atoms with Crippen molar-refractivity contribution in [3.8, 4) is 29.4 Å². The molecule has 1 aliphatic carbocycles. The number of nitrogens with zero attached hydrogens (tertiary/aromatic N) is 4. The summed E-state index contributed by atoms with van der Waals surface area (Å²) in [4.78, 5) is 6.32. The molecule has 158 valence electrons. The summed E-state index contributed by atoms with van der Waals surface area (Å²) in [5.41, 5.74) is 3.01. The van der Waals surface area contributed by atoms with Gasteiger partial charge in [-0.15, -0.1) is 16.6 Å². The van der Waals surface area contributed by atoms with Crippen LogP contribution in [0.2, 0.25) is 0 Å². The molecular formula is C23H29N5O2. The van der Waals surface area contributed by atoms with Gasteiger partial charge in [0.2, 0.25) is 5.95 Å². The minimum Gasteiger partial charge on any atom is -0.467 e. The fraction of sp³-hybridized carbons (Fsp3) is 0.522. The average molecular weight is 411 g/mol. The first-order valence-electron chi connectivity index (χ1n) is 12.0. The predicted molar refractivity (Wildman–Crippen MR) is 116 cm³/mol. The summed E-state index contributed by atoms with van der Waals surface area (Å²) in [6.07, 6.45) is 9.32. The van der Waals surface area contributed by atoms with Crippen LogP contribution in [0.4, 0.5) is 5.95 Å². The highest BCUT2D eigenvalue weighted by Gasteiger charge is 2.31. The number of hydrogen-bond donors (Lipinski definition) is 1. The molecule has 1 aromatic carbocycles. The second kappa shape index (κ2) is 9.41. The Labute approximate surface area is 182 Å². The maximum Gasteiger partial charge on any atom is 0.243 e. The Kier molecular flexibility index (Phi) is 5.35. The van der Waals surface area contributed by atoms with Crippen LogP contribution in [-0.4, -0.2) is 59.6 Å². The van der Waals surface area contributed by atoms with Gasteiger partial charge in [0.15, 0.2) is 6.79 Å². The van der Waals surface area contributed by atoms with E-state index in [1.807, 2.05) is 19.1 Å². The van der Waals surface area contributed by atoms with E-state index < -0.39 is 6.98 Å². The number of ether oxygens (including phenoxy) is 2. The van der Waals surface area contributed by atoms with E-state index in [0.717, 1.165) is 36.9 Å². The SMILES string of the molecule is [2H]C([2H])([2H])N1CCC[C@@H](Nc2nnc(-c3ccc(C#C)cc3OCOCC)c(C3CC3)n2)C1. The molecule has 2 heterocycles. The molecule has 2 fully saturated rings. The lowest BCUT2D eigenvalue weighted by Crippen LogP contribution is -2.40. The van der Waals surface area contributed by atoms with E-state index >= 15 is 0 Å². The smallest absolute Gasteiger partial charge is 0.243 e. The maximum atomic E-state index is 7.68. The number of likely N-dealkylation sites (tertiary alicyclic amines) is 1. The molecule has 0 bridgehead atoms. The molecule has 1 atom stereocenters. The zero-order valence-electron chi connectivity index (χ0n) is 20.2. The second-order valence-electron chi connectivity index (χ2n) is 7.68. The summed E-state index contributed by atoms with van der Waals surface area (Å²) < 4.78 is 34.2. The van der Waals surface area contributed by atoms with Crippen LogP contribution < -0.4 is 10.1 Å². The van der Waals surface area contributed by atoms with Gasteiger partial charge in [-0.25, -0.2) is 4.98 Å². The predicted octanol–water partition coefficient (Wildman–Crippen LogP) is 3.28. The van der Waals surface area contributed by atoms with Gasteiger partial charge >= 0.3 is 0 Å². The summed E-state index contributed by atoms with van der Waals surface area (Å²) in [6, 6.07) is 5.48. The van der Waals surface area contributed by atoms with Crippen LogP contribution in [0, 0.1) is 12.3 Å². The van der Waals surface area contributed by atoms with Crippen molar-refractivity contribution < 1.29 is 13.6 Å². The van der Waals surface area contributed by atoms with Crippen LogP contribution >= 0.6 is 0 Å². The lowest BCUT2D eigenvalue weighted by molar-refractivity contribution is 0.0227. The molecule has 0 amide bonds. The molecule has 30 heavy (non-hydrogen) atoms. The highest BCUT2D eigenvalue weighted by molar-refractivity contribution is 5.71. The van der Waals surface area contributed by atoms with Crippen molar-refractivity contribution >= 4 is 5.95 Å². The van der Waals surface area contributed by atoms with E-state index in [2.05, 4.69) is 21.4 Å². The zero-order valence-corrected chi connectivity index (χ0v) is 17.2. The molecule has 1 aliphatic heterocycles. The van der Waals surface area contributed by atoms with Gasteiger partial charge in [-0.1, -0.05) is 5.92 Å². The van der Waals surface area contributed by atoms with Crippen molar-refractivity contribution in [3.63, 3.8) is 0 Å². The van der Waals surface area contributed by atoms with E-state index in [0.29, 0.717) is 48.6 Å². The standard InChI is InChI=1S/C23H29N5O2/c1-4-16-8-11-19(20(13-16)30-15-29-5-2)22-21(17-9-10-17)25-23(27-26-22)24-18-7-6-12-28(3)14-18/h1,8,11,13,17-18H,5-7,9-10,12,14-15H2,2-3H3,(H,24,25,27)/t18-/m1/s1/i3D3. The minimum absolute atomic E-state index is 0.0427. The summed E-state index contributed by atoms with van der Waals surface area (Å²) in [6.45, 7) is 1.45. The number of benzene rings is 1. The van der Waals surface area contributed by atoms with Crippen LogP contribution in [-0.2, 0) is 4.74 Å².